The van der Waals surface area contributed by atoms with Gasteiger partial charge in [0.15, 0.2) is 0 Å². The van der Waals surface area contributed by atoms with Crippen molar-refractivity contribution in [3.63, 3.8) is 0 Å². The number of hydrogen-bond donors (Lipinski definition) is 2. The fourth-order valence-electron chi connectivity index (χ4n) is 2.16. The van der Waals surface area contributed by atoms with Crippen LogP contribution in [0.15, 0.2) is 41.1 Å². The number of amides is 2. The Morgan fingerprint density at radius 2 is 1.95 bits per heavy atom. The third-order valence-corrected chi connectivity index (χ3v) is 3.67. The van der Waals surface area contributed by atoms with Crippen LogP contribution in [0.1, 0.15) is 37.9 Å². The van der Waals surface area contributed by atoms with Gasteiger partial charge in [-0.2, -0.15) is 0 Å². The molecule has 1 heterocycles. The van der Waals surface area contributed by atoms with Gasteiger partial charge in [-0.25, -0.2) is 9.10 Å². The van der Waals surface area contributed by atoms with Crippen LogP contribution < -0.4 is 9.62 Å². The summed E-state index contributed by atoms with van der Waals surface area (Å²) in [5.74, 6) is 0.905. The first kappa shape index (κ1) is 16.4. The number of urea groups is 1. The van der Waals surface area contributed by atoms with E-state index in [1.807, 2.05) is 19.1 Å². The molecule has 0 aliphatic carbocycles. The first-order chi connectivity index (χ1) is 10.5. The van der Waals surface area contributed by atoms with E-state index in [0.717, 1.165) is 16.3 Å². The van der Waals surface area contributed by atoms with Gasteiger partial charge in [-0.3, -0.25) is 0 Å². The average molecular weight is 319 g/mol. The second-order valence-corrected chi connectivity index (χ2v) is 6.07. The number of thiol groups is 1. The predicted molar refractivity (Wildman–Crippen MR) is 89.9 cm³/mol. The maximum absolute atomic E-state index is 12.1. The number of carbonyl (C=O) groups excluding carboxylic acids is 1. The molecular weight excluding hydrogens is 298 g/mol. The fraction of sp³-hybridized carbons (Fsp3) is 0.375. The number of aromatic nitrogens is 1. The Labute approximate surface area is 136 Å². The van der Waals surface area contributed by atoms with E-state index in [1.54, 1.807) is 6.07 Å². The molecule has 118 valence electrons. The largest absolute Gasteiger partial charge is 0.337 e. The normalized spacial score (nSPS) is 12.2. The molecule has 5 nitrogen and oxygen atoms in total. The highest BCUT2D eigenvalue weighted by Gasteiger charge is 2.18. The van der Waals surface area contributed by atoms with Crippen molar-refractivity contribution in [2.45, 2.75) is 33.2 Å². The highest BCUT2D eigenvalue weighted by molar-refractivity contribution is 7.82. The zero-order valence-corrected chi connectivity index (χ0v) is 13.9. The molecule has 22 heavy (non-hydrogen) atoms. The molecular formula is C16H21N3O2S. The zero-order valence-electron chi connectivity index (χ0n) is 13.0. The van der Waals surface area contributed by atoms with Crippen molar-refractivity contribution in [2.75, 3.05) is 4.31 Å². The lowest BCUT2D eigenvalue weighted by Crippen LogP contribution is -2.35. The highest BCUT2D eigenvalue weighted by Crippen LogP contribution is 2.18. The first-order valence-electron chi connectivity index (χ1n) is 7.26. The van der Waals surface area contributed by atoms with Crippen molar-refractivity contribution >= 4 is 24.7 Å². The number of carbonyl (C=O) groups is 1. The second kappa shape index (κ2) is 7.35. The summed E-state index contributed by atoms with van der Waals surface area (Å²) in [4.78, 5) is 12.1. The van der Waals surface area contributed by atoms with Crippen molar-refractivity contribution in [3.05, 3.63) is 47.7 Å². The molecule has 0 radical (unpaired) electrons. The molecule has 0 saturated heterocycles. The SMILES string of the molecule is CC(C)Cc1ccc(C(C)NC(=O)N(S)c2ccno2)cc1. The van der Waals surface area contributed by atoms with Gasteiger partial charge >= 0.3 is 6.03 Å². The third-order valence-electron chi connectivity index (χ3n) is 3.29. The molecule has 0 fully saturated rings. The highest BCUT2D eigenvalue weighted by atomic mass is 32.1. The molecule has 0 aliphatic rings. The lowest BCUT2D eigenvalue weighted by Gasteiger charge is -2.18. The van der Waals surface area contributed by atoms with E-state index in [1.165, 1.54) is 11.8 Å². The van der Waals surface area contributed by atoms with Crippen LogP contribution in [0, 0.1) is 5.92 Å². The average Bonchev–Trinajstić information content (AvgIpc) is 3.00. The number of nitrogens with one attached hydrogen (secondary N) is 1. The summed E-state index contributed by atoms with van der Waals surface area (Å²) >= 11 is 4.11. The van der Waals surface area contributed by atoms with Gasteiger partial charge in [0.1, 0.15) is 0 Å². The van der Waals surface area contributed by atoms with Crippen LogP contribution >= 0.6 is 12.8 Å². The third kappa shape index (κ3) is 4.27. The number of nitrogens with zero attached hydrogens (tertiary/aromatic N) is 2. The molecule has 0 aliphatic heterocycles. The Kier molecular flexibility index (Phi) is 5.49. The molecule has 1 atom stereocenters. The predicted octanol–water partition coefficient (Wildman–Crippen LogP) is 4.00. The summed E-state index contributed by atoms with van der Waals surface area (Å²) in [5, 5.41) is 6.42. The van der Waals surface area contributed by atoms with Crippen molar-refractivity contribution in [1.82, 2.24) is 10.5 Å². The molecule has 1 N–H and O–H groups in total. The molecule has 0 saturated carbocycles. The molecule has 2 aromatic rings. The van der Waals surface area contributed by atoms with E-state index in [-0.39, 0.29) is 18.0 Å². The van der Waals surface area contributed by atoms with E-state index in [9.17, 15) is 4.79 Å². The fourth-order valence-corrected chi connectivity index (χ4v) is 2.32. The van der Waals surface area contributed by atoms with Gasteiger partial charge in [0.25, 0.3) is 0 Å². The summed E-state index contributed by atoms with van der Waals surface area (Å²) < 4.78 is 5.99. The van der Waals surface area contributed by atoms with Crippen LogP contribution in [0.3, 0.4) is 0 Å². The summed E-state index contributed by atoms with van der Waals surface area (Å²) in [6.07, 6.45) is 2.51. The minimum atomic E-state index is -0.362. The molecule has 6 heteroatoms. The van der Waals surface area contributed by atoms with Gasteiger partial charge in [-0.15, -0.1) is 0 Å². The van der Waals surface area contributed by atoms with E-state index in [0.29, 0.717) is 5.92 Å². The topological polar surface area (TPSA) is 58.4 Å². The number of anilines is 1. The maximum atomic E-state index is 12.1. The van der Waals surface area contributed by atoms with Gasteiger partial charge in [0.2, 0.25) is 5.88 Å². The quantitative estimate of drug-likeness (QED) is 0.819. The first-order valence-corrected chi connectivity index (χ1v) is 7.66. The van der Waals surface area contributed by atoms with E-state index >= 15 is 0 Å². The Balaban J connectivity index is 1.96. The number of hydrogen-bond acceptors (Lipinski definition) is 4. The molecule has 2 amide bonds. The number of rotatable bonds is 5. The minimum Gasteiger partial charge on any atom is -0.337 e. The van der Waals surface area contributed by atoms with Crippen LogP contribution in [0.2, 0.25) is 0 Å². The smallest absolute Gasteiger partial charge is 0.334 e. The molecule has 0 bridgehead atoms. The van der Waals surface area contributed by atoms with Crippen molar-refractivity contribution in [1.29, 1.82) is 0 Å². The zero-order chi connectivity index (χ0) is 16.1. The van der Waals surface area contributed by atoms with Crippen LogP contribution in [-0.4, -0.2) is 11.2 Å². The summed E-state index contributed by atoms with van der Waals surface area (Å²) in [6, 6.07) is 9.37. The molecule has 1 aromatic carbocycles. The molecule has 1 unspecified atom stereocenters. The van der Waals surface area contributed by atoms with E-state index in [4.69, 9.17) is 4.52 Å². The van der Waals surface area contributed by atoms with Crippen LogP contribution in [0.5, 0.6) is 0 Å². The van der Waals surface area contributed by atoms with Gasteiger partial charge < -0.3 is 9.84 Å². The molecule has 1 aromatic heterocycles. The Bertz CT molecular complexity index is 596. The van der Waals surface area contributed by atoms with Crippen molar-refractivity contribution < 1.29 is 9.32 Å². The van der Waals surface area contributed by atoms with Crippen LogP contribution in [0.25, 0.3) is 0 Å². The second-order valence-electron chi connectivity index (χ2n) is 5.67. The Morgan fingerprint density at radius 3 is 2.50 bits per heavy atom. The summed E-state index contributed by atoms with van der Waals surface area (Å²) in [6.45, 7) is 6.32. The Hall–Kier alpha value is -1.95. The van der Waals surface area contributed by atoms with Gasteiger partial charge in [-0.05, 0) is 30.4 Å². The standard InChI is InChI=1S/C16H21N3O2S/c1-11(2)10-13-4-6-14(7-5-13)12(3)18-16(20)19(22)15-8-9-17-21-15/h4-9,11-12,22H,10H2,1-3H3,(H,18,20). The van der Waals surface area contributed by atoms with Crippen molar-refractivity contribution in [3.8, 4) is 0 Å². The Morgan fingerprint density at radius 1 is 1.27 bits per heavy atom. The van der Waals surface area contributed by atoms with Gasteiger partial charge in [0, 0.05) is 6.07 Å². The monoisotopic (exact) mass is 319 g/mol. The lowest BCUT2D eigenvalue weighted by molar-refractivity contribution is 0.246. The van der Waals surface area contributed by atoms with Gasteiger partial charge in [0.05, 0.1) is 12.2 Å². The van der Waals surface area contributed by atoms with Crippen LogP contribution in [0.4, 0.5) is 10.7 Å². The minimum absolute atomic E-state index is 0.127. The lowest BCUT2D eigenvalue weighted by atomic mass is 10.00. The van der Waals surface area contributed by atoms with Crippen molar-refractivity contribution in [2.24, 2.45) is 5.92 Å². The molecule has 2 rings (SSSR count). The van der Waals surface area contributed by atoms with E-state index < -0.39 is 0 Å². The summed E-state index contributed by atoms with van der Waals surface area (Å²) in [5.41, 5.74) is 2.34. The number of benzene rings is 1. The van der Waals surface area contributed by atoms with Gasteiger partial charge in [-0.1, -0.05) is 56.1 Å². The van der Waals surface area contributed by atoms with Crippen LogP contribution in [-0.2, 0) is 6.42 Å². The summed E-state index contributed by atoms with van der Waals surface area (Å²) in [7, 11) is 0. The molecule has 0 spiro atoms. The van der Waals surface area contributed by atoms with E-state index in [2.05, 4.69) is 49.3 Å². The maximum Gasteiger partial charge on any atom is 0.334 e.